The van der Waals surface area contributed by atoms with E-state index in [9.17, 15) is 4.79 Å². The van der Waals surface area contributed by atoms with Crippen LogP contribution in [0.25, 0.3) is 0 Å². The predicted molar refractivity (Wildman–Crippen MR) is 51.1 cm³/mol. The van der Waals surface area contributed by atoms with Gasteiger partial charge in [-0.05, 0) is 12.8 Å². The van der Waals surface area contributed by atoms with Crippen LogP contribution in [0, 0.1) is 0 Å². The van der Waals surface area contributed by atoms with Gasteiger partial charge in [0.1, 0.15) is 0 Å². The molecule has 0 aliphatic heterocycles. The molecule has 0 atom stereocenters. The first kappa shape index (κ1) is 11.5. The minimum atomic E-state index is 0.0778. The Labute approximate surface area is 75.7 Å². The van der Waals surface area contributed by atoms with Crippen molar-refractivity contribution in [1.82, 2.24) is 5.32 Å². The summed E-state index contributed by atoms with van der Waals surface area (Å²) in [5, 5.41) is 3.95. The Balaban J connectivity index is 3.03. The highest BCUT2D eigenvalue weighted by atomic mass is 16.1. The van der Waals surface area contributed by atoms with Crippen molar-refractivity contribution in [1.29, 1.82) is 0 Å². The topological polar surface area (TPSA) is 31.2 Å². The Hall–Kier alpha value is -0.530. The minimum Gasteiger partial charge on any atom is -0.273 e. The van der Waals surface area contributed by atoms with E-state index in [4.69, 9.17) is 0 Å². The van der Waals surface area contributed by atoms with Gasteiger partial charge in [-0.2, -0.15) is 0 Å². The molecule has 2 nitrogen and oxygen atoms in total. The number of amides is 1. The van der Waals surface area contributed by atoms with Crippen LogP contribution in [0.2, 0.25) is 0 Å². The number of carbonyl (C=O) groups excluding carboxylic acids is 1. The van der Waals surface area contributed by atoms with Crippen LogP contribution >= 0.6 is 0 Å². The normalized spacial score (nSPS) is 9.83. The fourth-order valence-corrected chi connectivity index (χ4v) is 1.04. The number of hydrogen-bond donors (Lipinski definition) is 0. The third-order valence-electron chi connectivity index (χ3n) is 1.76. The van der Waals surface area contributed by atoms with E-state index in [1.807, 2.05) is 6.92 Å². The predicted octanol–water partition coefficient (Wildman–Crippen LogP) is 2.50. The van der Waals surface area contributed by atoms with E-state index in [1.54, 1.807) is 0 Å². The fraction of sp³-hybridized carbons (Fsp3) is 0.900. The first-order valence-corrected chi connectivity index (χ1v) is 5.01. The Morgan fingerprint density at radius 1 is 1.08 bits per heavy atom. The van der Waals surface area contributed by atoms with Crippen LogP contribution in [-0.2, 0) is 4.79 Å². The van der Waals surface area contributed by atoms with Crippen LogP contribution in [0.15, 0.2) is 0 Å². The summed E-state index contributed by atoms with van der Waals surface area (Å²) in [5.41, 5.74) is 0. The Morgan fingerprint density at radius 3 is 2.42 bits per heavy atom. The molecule has 71 valence electrons. The molecule has 0 saturated carbocycles. The van der Waals surface area contributed by atoms with Gasteiger partial charge in [0, 0.05) is 13.0 Å². The lowest BCUT2D eigenvalue weighted by Gasteiger charge is -1.99. The summed E-state index contributed by atoms with van der Waals surface area (Å²) in [6.07, 6.45) is 6.31. The standard InChI is InChI=1S/C10H20NO/c1-3-5-6-7-9-11-10(12)8-4-2/h3-9H2,1-2H3. The summed E-state index contributed by atoms with van der Waals surface area (Å²) in [6, 6.07) is 0. The van der Waals surface area contributed by atoms with Crippen LogP contribution < -0.4 is 5.32 Å². The van der Waals surface area contributed by atoms with Crippen LogP contribution in [0.1, 0.15) is 52.4 Å². The van der Waals surface area contributed by atoms with E-state index in [0.29, 0.717) is 6.42 Å². The molecular formula is C10H20NO. The first-order chi connectivity index (χ1) is 5.81. The van der Waals surface area contributed by atoms with Crippen LogP contribution in [-0.4, -0.2) is 12.5 Å². The number of hydrogen-bond acceptors (Lipinski definition) is 1. The summed E-state index contributed by atoms with van der Waals surface area (Å²) in [4.78, 5) is 10.9. The minimum absolute atomic E-state index is 0.0778. The van der Waals surface area contributed by atoms with Crippen molar-refractivity contribution in [2.45, 2.75) is 52.4 Å². The van der Waals surface area contributed by atoms with Gasteiger partial charge in [-0.1, -0.05) is 33.1 Å². The molecule has 0 heterocycles. The monoisotopic (exact) mass is 170 g/mol. The molecule has 0 aromatic carbocycles. The van der Waals surface area contributed by atoms with Gasteiger partial charge < -0.3 is 0 Å². The molecule has 0 unspecified atom stereocenters. The van der Waals surface area contributed by atoms with Crippen molar-refractivity contribution in [3.63, 3.8) is 0 Å². The quantitative estimate of drug-likeness (QED) is 0.540. The van der Waals surface area contributed by atoms with Gasteiger partial charge in [0.2, 0.25) is 5.91 Å². The van der Waals surface area contributed by atoms with E-state index in [1.165, 1.54) is 19.3 Å². The number of carbonyl (C=O) groups is 1. The Kier molecular flexibility index (Phi) is 8.19. The van der Waals surface area contributed by atoms with Crippen LogP contribution in [0.5, 0.6) is 0 Å². The Morgan fingerprint density at radius 2 is 1.83 bits per heavy atom. The zero-order valence-electron chi connectivity index (χ0n) is 8.31. The molecule has 0 bridgehead atoms. The molecule has 0 aromatic rings. The summed E-state index contributed by atoms with van der Waals surface area (Å²) < 4.78 is 0. The lowest BCUT2D eigenvalue weighted by atomic mass is 10.2. The smallest absolute Gasteiger partial charge is 0.241 e. The first-order valence-electron chi connectivity index (χ1n) is 5.01. The molecule has 0 aromatic heterocycles. The highest BCUT2D eigenvalue weighted by Crippen LogP contribution is 1.97. The van der Waals surface area contributed by atoms with Gasteiger partial charge in [0.05, 0.1) is 0 Å². The van der Waals surface area contributed by atoms with Crippen molar-refractivity contribution in [3.05, 3.63) is 0 Å². The van der Waals surface area contributed by atoms with Gasteiger partial charge in [-0.3, -0.25) is 10.1 Å². The van der Waals surface area contributed by atoms with E-state index < -0.39 is 0 Å². The maximum absolute atomic E-state index is 10.9. The number of rotatable bonds is 7. The highest BCUT2D eigenvalue weighted by Gasteiger charge is 1.98. The third kappa shape index (κ3) is 7.58. The maximum atomic E-state index is 10.9. The molecule has 1 radical (unpaired) electrons. The van der Waals surface area contributed by atoms with Gasteiger partial charge in [-0.25, -0.2) is 0 Å². The molecule has 0 N–H and O–H groups in total. The summed E-state index contributed by atoms with van der Waals surface area (Å²) in [7, 11) is 0. The van der Waals surface area contributed by atoms with Crippen molar-refractivity contribution in [3.8, 4) is 0 Å². The number of unbranched alkanes of at least 4 members (excludes halogenated alkanes) is 3. The fourth-order valence-electron chi connectivity index (χ4n) is 1.04. The summed E-state index contributed by atoms with van der Waals surface area (Å²) in [5.74, 6) is 0.0778. The molecular weight excluding hydrogens is 150 g/mol. The average Bonchev–Trinajstić information content (AvgIpc) is 2.05. The maximum Gasteiger partial charge on any atom is 0.241 e. The van der Waals surface area contributed by atoms with Crippen molar-refractivity contribution < 1.29 is 4.79 Å². The molecule has 12 heavy (non-hydrogen) atoms. The van der Waals surface area contributed by atoms with Gasteiger partial charge in [-0.15, -0.1) is 0 Å². The second-order valence-corrected chi connectivity index (χ2v) is 3.09. The molecule has 0 aliphatic carbocycles. The second kappa shape index (κ2) is 8.57. The Bertz CT molecular complexity index is 112. The van der Waals surface area contributed by atoms with Crippen molar-refractivity contribution in [2.24, 2.45) is 0 Å². The average molecular weight is 170 g/mol. The molecule has 2 heteroatoms. The molecule has 1 amide bonds. The molecule has 0 saturated heterocycles. The SMILES string of the molecule is CCCCCC[N]C(=O)CCC. The van der Waals surface area contributed by atoms with Crippen LogP contribution in [0.4, 0.5) is 0 Å². The van der Waals surface area contributed by atoms with E-state index in [2.05, 4.69) is 12.2 Å². The summed E-state index contributed by atoms with van der Waals surface area (Å²) >= 11 is 0. The molecule has 0 fully saturated rings. The lowest BCUT2D eigenvalue weighted by Crippen LogP contribution is -2.15. The largest absolute Gasteiger partial charge is 0.273 e. The number of nitrogens with zero attached hydrogens (tertiary/aromatic N) is 1. The summed E-state index contributed by atoms with van der Waals surface area (Å²) in [6.45, 7) is 4.92. The van der Waals surface area contributed by atoms with Gasteiger partial charge >= 0.3 is 0 Å². The van der Waals surface area contributed by atoms with Crippen LogP contribution in [0.3, 0.4) is 0 Å². The van der Waals surface area contributed by atoms with E-state index in [-0.39, 0.29) is 5.91 Å². The van der Waals surface area contributed by atoms with Gasteiger partial charge in [0.15, 0.2) is 0 Å². The molecule has 0 aliphatic rings. The second-order valence-electron chi connectivity index (χ2n) is 3.09. The molecule has 0 spiro atoms. The molecule has 0 rings (SSSR count). The van der Waals surface area contributed by atoms with Crippen molar-refractivity contribution >= 4 is 5.91 Å². The highest BCUT2D eigenvalue weighted by molar-refractivity contribution is 5.75. The zero-order valence-corrected chi connectivity index (χ0v) is 8.31. The van der Waals surface area contributed by atoms with E-state index >= 15 is 0 Å². The van der Waals surface area contributed by atoms with E-state index in [0.717, 1.165) is 19.4 Å². The zero-order chi connectivity index (χ0) is 9.23. The lowest BCUT2D eigenvalue weighted by molar-refractivity contribution is -0.121. The third-order valence-corrected chi connectivity index (χ3v) is 1.76. The van der Waals surface area contributed by atoms with Crippen molar-refractivity contribution in [2.75, 3.05) is 6.54 Å². The van der Waals surface area contributed by atoms with Gasteiger partial charge in [0.25, 0.3) is 0 Å².